The van der Waals surface area contributed by atoms with Crippen LogP contribution in [0.2, 0.25) is 0 Å². The SMILES string of the molecule is c1ccc(C2(c3ccccc3)c3ccc(-c4cncc(-c5ccc6c(c5)-c5cc(-c7cccc8c7oc7ccccc78)ccc5C6(c5ccccc5)c5ccccc5)c4)cc3-c3cc(-c4cccc5c4oc4ccccc45)ccc32)cc1. The highest BCUT2D eigenvalue weighted by molar-refractivity contribution is 6.11. The highest BCUT2D eigenvalue weighted by Gasteiger charge is 2.48. The topological polar surface area (TPSA) is 39.2 Å². The molecule has 0 saturated carbocycles. The van der Waals surface area contributed by atoms with Gasteiger partial charge in [-0.1, -0.05) is 243 Å². The second-order valence-electron chi connectivity index (χ2n) is 22.0. The summed E-state index contributed by atoms with van der Waals surface area (Å²) in [6.07, 6.45) is 4.04. The Hall–Kier alpha value is -10.6. The van der Waals surface area contributed by atoms with E-state index >= 15 is 0 Å². The van der Waals surface area contributed by atoms with E-state index in [1.54, 1.807) is 0 Å². The molecule has 0 unspecified atom stereocenters. The summed E-state index contributed by atoms with van der Waals surface area (Å²) in [5.74, 6) is 0. The van der Waals surface area contributed by atoms with Crippen molar-refractivity contribution in [1.82, 2.24) is 4.98 Å². The van der Waals surface area contributed by atoms with Crippen molar-refractivity contribution in [3.05, 3.63) is 342 Å². The molecule has 0 radical (unpaired) electrons. The van der Waals surface area contributed by atoms with Crippen LogP contribution in [-0.4, -0.2) is 4.98 Å². The molecule has 82 heavy (non-hydrogen) atoms. The molecule has 17 rings (SSSR count). The summed E-state index contributed by atoms with van der Waals surface area (Å²) in [7, 11) is 0. The van der Waals surface area contributed by atoms with Gasteiger partial charge < -0.3 is 8.83 Å². The van der Waals surface area contributed by atoms with Crippen molar-refractivity contribution < 1.29 is 8.83 Å². The number of benzene rings is 12. The molecular formula is C79H49NO2. The van der Waals surface area contributed by atoms with Crippen LogP contribution in [0.3, 0.4) is 0 Å². The van der Waals surface area contributed by atoms with Gasteiger partial charge in [-0.25, -0.2) is 0 Å². The highest BCUT2D eigenvalue weighted by Crippen LogP contribution is 2.60. The number of fused-ring (bicyclic) bond motifs is 12. The maximum absolute atomic E-state index is 6.66. The van der Waals surface area contributed by atoms with Gasteiger partial charge >= 0.3 is 0 Å². The molecule has 0 aliphatic heterocycles. The summed E-state index contributed by atoms with van der Waals surface area (Å²) in [4.78, 5) is 5.04. The molecule has 0 amide bonds. The van der Waals surface area contributed by atoms with E-state index in [2.05, 4.69) is 273 Å². The Morgan fingerprint density at radius 3 is 0.927 bits per heavy atom. The predicted molar refractivity (Wildman–Crippen MR) is 335 cm³/mol. The molecule has 2 aliphatic rings. The molecule has 3 heterocycles. The number of furan rings is 2. The lowest BCUT2D eigenvalue weighted by atomic mass is 9.67. The van der Waals surface area contributed by atoms with E-state index in [1.165, 1.54) is 66.8 Å². The van der Waals surface area contributed by atoms with Crippen molar-refractivity contribution in [2.45, 2.75) is 10.8 Å². The summed E-state index contributed by atoms with van der Waals surface area (Å²) >= 11 is 0. The fourth-order valence-corrected chi connectivity index (χ4v) is 14.4. The fraction of sp³-hybridized carbons (Fsp3) is 0.0253. The molecule has 0 fully saturated rings. The van der Waals surface area contributed by atoms with E-state index in [-0.39, 0.29) is 0 Å². The van der Waals surface area contributed by atoms with Gasteiger partial charge in [0.25, 0.3) is 0 Å². The standard InChI is InChI=1S/C79H49NO2/c1-5-19-56(20-6-1)78(57-21-7-2-8-22-57)70-39-35-50(44-66(70)68-46-52(37-41-72(68)78)60-29-17-31-64-62-27-13-15-33-74(62)81-76(60)64)54-43-55(49-80-48-54)51-36-40-71-67(45-51)69-47-53(61-30-18-32-65-63-28-14-16-34-75(63)82-77(61)65)38-42-73(69)79(71,58-23-9-3-10-24-58)59-25-11-4-12-26-59/h1-49H. The van der Waals surface area contributed by atoms with E-state index in [0.717, 1.165) is 88.4 Å². The van der Waals surface area contributed by atoms with Gasteiger partial charge in [-0.05, 0) is 131 Å². The Labute approximate surface area is 474 Å². The summed E-state index contributed by atoms with van der Waals surface area (Å²) in [6, 6.07) is 104. The van der Waals surface area contributed by atoms with Crippen molar-refractivity contribution in [3.63, 3.8) is 0 Å². The summed E-state index contributed by atoms with van der Waals surface area (Å²) in [6.45, 7) is 0. The third kappa shape index (κ3) is 6.62. The number of hydrogen-bond acceptors (Lipinski definition) is 3. The molecule has 382 valence electrons. The molecule has 0 spiro atoms. The van der Waals surface area contributed by atoms with Crippen LogP contribution in [0.25, 0.3) is 111 Å². The molecule has 2 aliphatic carbocycles. The van der Waals surface area contributed by atoms with Gasteiger partial charge in [0.15, 0.2) is 0 Å². The van der Waals surface area contributed by atoms with E-state index in [9.17, 15) is 0 Å². The number of pyridine rings is 1. The van der Waals surface area contributed by atoms with Crippen LogP contribution in [0.15, 0.2) is 306 Å². The molecule has 3 aromatic heterocycles. The smallest absolute Gasteiger partial charge is 0.143 e. The first kappa shape index (κ1) is 46.3. The van der Waals surface area contributed by atoms with Gasteiger partial charge in [-0.2, -0.15) is 0 Å². The van der Waals surface area contributed by atoms with E-state index in [0.29, 0.717) is 0 Å². The molecule has 3 heteroatoms. The van der Waals surface area contributed by atoms with Crippen LogP contribution in [0, 0.1) is 0 Å². The first-order chi connectivity index (χ1) is 40.6. The minimum atomic E-state index is -0.566. The van der Waals surface area contributed by atoms with Gasteiger partial charge in [0, 0.05) is 56.2 Å². The lowest BCUT2D eigenvalue weighted by Gasteiger charge is -2.34. The van der Waals surface area contributed by atoms with Crippen molar-refractivity contribution in [2.24, 2.45) is 0 Å². The van der Waals surface area contributed by atoms with Crippen LogP contribution >= 0.6 is 0 Å². The van der Waals surface area contributed by atoms with E-state index in [4.69, 9.17) is 13.8 Å². The first-order valence-corrected chi connectivity index (χ1v) is 28.2. The molecule has 0 atom stereocenters. The summed E-state index contributed by atoms with van der Waals surface area (Å²) < 4.78 is 13.3. The zero-order valence-corrected chi connectivity index (χ0v) is 44.6. The third-order valence-electron chi connectivity index (χ3n) is 17.9. The molecule has 0 saturated heterocycles. The first-order valence-electron chi connectivity index (χ1n) is 28.2. The Balaban J connectivity index is 0.839. The lowest BCUT2D eigenvalue weighted by Crippen LogP contribution is -2.28. The number of rotatable bonds is 8. The average Bonchev–Trinajstić information content (AvgIpc) is 2.17. The fourth-order valence-electron chi connectivity index (χ4n) is 14.4. The van der Waals surface area contributed by atoms with Crippen molar-refractivity contribution in [3.8, 4) is 66.8 Å². The molecule has 0 N–H and O–H groups in total. The molecule has 3 nitrogen and oxygen atoms in total. The zero-order chi connectivity index (χ0) is 53.9. The zero-order valence-electron chi connectivity index (χ0n) is 44.6. The van der Waals surface area contributed by atoms with Crippen LogP contribution < -0.4 is 0 Å². The Morgan fingerprint density at radius 2 is 0.549 bits per heavy atom. The second-order valence-corrected chi connectivity index (χ2v) is 22.0. The number of nitrogens with zero attached hydrogens (tertiary/aromatic N) is 1. The largest absolute Gasteiger partial charge is 0.455 e. The molecule has 0 bridgehead atoms. The van der Waals surface area contributed by atoms with E-state index < -0.39 is 10.8 Å². The van der Waals surface area contributed by atoms with Gasteiger partial charge in [-0.3, -0.25) is 4.98 Å². The summed E-state index contributed by atoms with van der Waals surface area (Å²) in [5.41, 5.74) is 25.8. The number of para-hydroxylation sites is 4. The third-order valence-corrected chi connectivity index (χ3v) is 17.9. The van der Waals surface area contributed by atoms with Crippen LogP contribution in [-0.2, 0) is 10.8 Å². The van der Waals surface area contributed by atoms with Crippen LogP contribution in [0.1, 0.15) is 44.5 Å². The summed E-state index contributed by atoms with van der Waals surface area (Å²) in [5, 5.41) is 4.48. The van der Waals surface area contributed by atoms with Crippen molar-refractivity contribution in [1.29, 1.82) is 0 Å². The average molecular weight is 1040 g/mol. The van der Waals surface area contributed by atoms with Gasteiger partial charge in [0.1, 0.15) is 22.3 Å². The number of aromatic nitrogens is 1. The maximum atomic E-state index is 6.66. The quantitative estimate of drug-likeness (QED) is 0.152. The Bertz CT molecular complexity index is 4640. The Morgan fingerprint density at radius 1 is 0.232 bits per heavy atom. The van der Waals surface area contributed by atoms with E-state index in [1.807, 2.05) is 24.5 Å². The van der Waals surface area contributed by atoms with Crippen LogP contribution in [0.4, 0.5) is 0 Å². The van der Waals surface area contributed by atoms with Crippen molar-refractivity contribution >= 4 is 43.9 Å². The Kier molecular flexibility index (Phi) is 10.1. The predicted octanol–water partition coefficient (Wildman–Crippen LogP) is 20.3. The van der Waals surface area contributed by atoms with Crippen molar-refractivity contribution in [2.75, 3.05) is 0 Å². The maximum Gasteiger partial charge on any atom is 0.143 e. The molecular weight excluding hydrogens is 995 g/mol. The van der Waals surface area contributed by atoms with Gasteiger partial charge in [-0.15, -0.1) is 0 Å². The highest BCUT2D eigenvalue weighted by atomic mass is 16.3. The number of hydrogen-bond donors (Lipinski definition) is 0. The minimum absolute atomic E-state index is 0.566. The second kappa shape index (κ2) is 18.0. The minimum Gasteiger partial charge on any atom is -0.455 e. The van der Waals surface area contributed by atoms with Gasteiger partial charge in [0.2, 0.25) is 0 Å². The van der Waals surface area contributed by atoms with Crippen LogP contribution in [0.5, 0.6) is 0 Å². The lowest BCUT2D eigenvalue weighted by molar-refractivity contribution is 0.669. The monoisotopic (exact) mass is 1040 g/mol. The molecule has 12 aromatic carbocycles. The van der Waals surface area contributed by atoms with Gasteiger partial charge in [0.05, 0.1) is 10.8 Å². The normalized spacial score (nSPS) is 13.6. The molecule has 15 aromatic rings.